The van der Waals surface area contributed by atoms with Crippen molar-refractivity contribution in [1.29, 1.82) is 0 Å². The second kappa shape index (κ2) is 10.7. The molecule has 2 N–H and O–H groups in total. The summed E-state index contributed by atoms with van der Waals surface area (Å²) in [6.45, 7) is -0.248. The predicted octanol–water partition coefficient (Wildman–Crippen LogP) is 4.28. The minimum atomic E-state index is -4.48. The summed E-state index contributed by atoms with van der Waals surface area (Å²) in [5.74, 6) is -0.434. The molecule has 1 unspecified atom stereocenters. The number of benzene rings is 2. The molecule has 2 atom stereocenters. The van der Waals surface area contributed by atoms with Crippen LogP contribution in [-0.2, 0) is 27.6 Å². The number of amides is 2. The normalized spacial score (nSPS) is 24.2. The third kappa shape index (κ3) is 6.18. The Morgan fingerprint density at radius 3 is 2.15 bits per heavy atom. The van der Waals surface area contributed by atoms with Gasteiger partial charge in [0, 0.05) is 19.0 Å². The molecular weight excluding hydrogens is 521 g/mol. The highest BCUT2D eigenvalue weighted by atomic mass is 19.4. The fourth-order valence-electron chi connectivity index (χ4n) is 5.71. The van der Waals surface area contributed by atoms with E-state index in [-0.39, 0.29) is 30.0 Å². The minimum Gasteiger partial charge on any atom is -0.435 e. The van der Waals surface area contributed by atoms with E-state index in [0.29, 0.717) is 29.9 Å². The van der Waals surface area contributed by atoms with Crippen LogP contribution < -0.4 is 15.4 Å². The lowest BCUT2D eigenvalue weighted by molar-refractivity contribution is -0.137. The van der Waals surface area contributed by atoms with Crippen LogP contribution in [0.25, 0.3) is 0 Å². The smallest absolute Gasteiger partial charge is 0.416 e. The Labute approximate surface area is 222 Å². The van der Waals surface area contributed by atoms with Gasteiger partial charge in [0.15, 0.2) is 0 Å². The van der Waals surface area contributed by atoms with Crippen LogP contribution in [0.5, 0.6) is 5.75 Å². The third-order valence-electron chi connectivity index (χ3n) is 8.14. The van der Waals surface area contributed by atoms with Crippen molar-refractivity contribution < 1.29 is 36.3 Å². The van der Waals surface area contributed by atoms with Gasteiger partial charge in [0.05, 0.1) is 11.0 Å². The number of alkyl halides is 5. The average Bonchev–Trinajstić information content (AvgIpc) is 3.71. The van der Waals surface area contributed by atoms with Crippen molar-refractivity contribution in [2.45, 2.75) is 62.4 Å². The molecule has 11 heteroatoms. The fraction of sp³-hybridized carbons (Fsp3) is 0.500. The lowest BCUT2D eigenvalue weighted by atomic mass is 9.84. The van der Waals surface area contributed by atoms with Crippen LogP contribution in [-0.4, -0.2) is 55.0 Å². The number of nitrogens with one attached hydrogen (secondary N) is 2. The average molecular weight is 552 g/mol. The quantitative estimate of drug-likeness (QED) is 0.457. The molecule has 0 radical (unpaired) electrons. The number of halogens is 5. The van der Waals surface area contributed by atoms with Gasteiger partial charge in [-0.25, -0.2) is 0 Å². The molecule has 2 bridgehead atoms. The first-order chi connectivity index (χ1) is 18.5. The summed E-state index contributed by atoms with van der Waals surface area (Å²) in [7, 11) is 0. The van der Waals surface area contributed by atoms with Crippen molar-refractivity contribution in [1.82, 2.24) is 15.5 Å². The van der Waals surface area contributed by atoms with Crippen LogP contribution in [0.15, 0.2) is 48.5 Å². The molecule has 2 aromatic rings. The summed E-state index contributed by atoms with van der Waals surface area (Å²) in [4.78, 5) is 29.3. The number of nitrogens with zero attached hydrogens (tertiary/aromatic N) is 1. The molecule has 2 aromatic carbocycles. The summed E-state index contributed by atoms with van der Waals surface area (Å²) >= 11 is 0. The number of hydrogen-bond donors (Lipinski definition) is 2. The molecule has 3 saturated heterocycles. The van der Waals surface area contributed by atoms with Crippen LogP contribution in [0.1, 0.15) is 42.4 Å². The highest BCUT2D eigenvalue weighted by Gasteiger charge is 2.52. The molecule has 0 spiro atoms. The van der Waals surface area contributed by atoms with Crippen molar-refractivity contribution in [2.24, 2.45) is 5.92 Å². The molecule has 3 heterocycles. The maximum Gasteiger partial charge on any atom is 0.416 e. The Bertz CT molecular complexity index is 1170. The number of carbonyl (C=O) groups is 2. The van der Waals surface area contributed by atoms with Gasteiger partial charge in [-0.05, 0) is 80.1 Å². The Kier molecular flexibility index (Phi) is 7.54. The maximum atomic E-state index is 13.5. The summed E-state index contributed by atoms with van der Waals surface area (Å²) in [6.07, 6.45) is -1.46. The van der Waals surface area contributed by atoms with Crippen molar-refractivity contribution in [3.8, 4) is 5.75 Å². The molecule has 210 valence electrons. The van der Waals surface area contributed by atoms with Crippen LogP contribution >= 0.6 is 0 Å². The molecule has 6 nitrogen and oxygen atoms in total. The molecular formula is C28H30F5N3O3. The second-order valence-corrected chi connectivity index (χ2v) is 10.7. The van der Waals surface area contributed by atoms with Crippen molar-refractivity contribution in [3.63, 3.8) is 0 Å². The summed E-state index contributed by atoms with van der Waals surface area (Å²) in [5.41, 5.74) is -0.597. The second-order valence-electron chi connectivity index (χ2n) is 10.7. The van der Waals surface area contributed by atoms with Gasteiger partial charge in [-0.15, -0.1) is 0 Å². The topological polar surface area (TPSA) is 70.7 Å². The van der Waals surface area contributed by atoms with Gasteiger partial charge in [0.1, 0.15) is 11.8 Å². The number of carbonyl (C=O) groups excluding carboxylic acids is 2. The molecule has 1 aliphatic carbocycles. The number of hydrogen-bond acceptors (Lipinski definition) is 4. The number of rotatable bonds is 9. The van der Waals surface area contributed by atoms with E-state index in [1.54, 1.807) is 12.1 Å². The van der Waals surface area contributed by atoms with E-state index in [4.69, 9.17) is 0 Å². The van der Waals surface area contributed by atoms with Gasteiger partial charge < -0.3 is 20.3 Å². The van der Waals surface area contributed by atoms with E-state index in [2.05, 4.69) is 20.3 Å². The van der Waals surface area contributed by atoms with Gasteiger partial charge in [0.25, 0.3) is 0 Å². The van der Waals surface area contributed by atoms with E-state index in [9.17, 15) is 31.5 Å². The minimum absolute atomic E-state index is 0.0219. The fourth-order valence-corrected chi connectivity index (χ4v) is 5.71. The third-order valence-corrected chi connectivity index (χ3v) is 8.14. The number of ether oxygens (including phenoxy) is 1. The lowest BCUT2D eigenvalue weighted by Crippen LogP contribution is -2.60. The highest BCUT2D eigenvalue weighted by molar-refractivity contribution is 5.95. The summed E-state index contributed by atoms with van der Waals surface area (Å²) < 4.78 is 68.5. The summed E-state index contributed by atoms with van der Waals surface area (Å²) in [6, 6.07) is 9.37. The molecule has 1 saturated carbocycles. The van der Waals surface area contributed by atoms with E-state index >= 15 is 0 Å². The Morgan fingerprint density at radius 2 is 1.64 bits per heavy atom. The molecule has 39 heavy (non-hydrogen) atoms. The Hall–Kier alpha value is -3.21. The van der Waals surface area contributed by atoms with Gasteiger partial charge in [-0.2, -0.15) is 22.0 Å². The Morgan fingerprint density at radius 1 is 1.00 bits per heavy atom. The zero-order valence-electron chi connectivity index (χ0n) is 21.1. The molecule has 3 aliphatic heterocycles. The highest BCUT2D eigenvalue weighted by Crippen LogP contribution is 2.49. The standard InChI is InChI=1S/C28H30F5N3O3/c29-26(30)39-21-7-5-19(6-8-21)27(11-12-27)25(38)35-22(15-17-1-3-20(4-2-17)28(31,32)33)24(37)34-23-16-36-13-9-18(23)10-14-36/h1-8,18,22-23,26H,9-16H2,(H,34,37)(H,35,38)/t22?,23-/m1/s1. The first kappa shape index (κ1) is 27.4. The van der Waals surface area contributed by atoms with Crippen molar-refractivity contribution in [2.75, 3.05) is 19.6 Å². The van der Waals surface area contributed by atoms with Gasteiger partial charge in [-0.1, -0.05) is 24.3 Å². The van der Waals surface area contributed by atoms with E-state index in [1.165, 1.54) is 24.3 Å². The SMILES string of the molecule is O=C(N[C@@H]1CN2CCC1CC2)C(Cc1ccc(C(F)(F)F)cc1)NC(=O)C1(c2ccc(OC(F)F)cc2)CC1. The van der Waals surface area contributed by atoms with Crippen LogP contribution in [0.3, 0.4) is 0 Å². The molecule has 6 rings (SSSR count). The molecule has 0 aromatic heterocycles. The molecule has 4 aliphatic rings. The maximum absolute atomic E-state index is 13.5. The zero-order valence-corrected chi connectivity index (χ0v) is 21.1. The summed E-state index contributed by atoms with van der Waals surface area (Å²) in [5, 5.41) is 5.94. The van der Waals surface area contributed by atoms with Crippen LogP contribution in [0, 0.1) is 5.92 Å². The van der Waals surface area contributed by atoms with Gasteiger partial charge in [0.2, 0.25) is 11.8 Å². The zero-order chi connectivity index (χ0) is 27.8. The first-order valence-electron chi connectivity index (χ1n) is 13.1. The number of fused-ring (bicyclic) bond motifs is 3. The van der Waals surface area contributed by atoms with Crippen LogP contribution in [0.2, 0.25) is 0 Å². The largest absolute Gasteiger partial charge is 0.435 e. The van der Waals surface area contributed by atoms with E-state index in [0.717, 1.165) is 44.6 Å². The predicted molar refractivity (Wildman–Crippen MR) is 132 cm³/mol. The van der Waals surface area contributed by atoms with E-state index < -0.39 is 29.8 Å². The Balaban J connectivity index is 1.32. The van der Waals surface area contributed by atoms with Gasteiger partial charge in [-0.3, -0.25) is 9.59 Å². The molecule has 4 fully saturated rings. The van der Waals surface area contributed by atoms with E-state index in [1.807, 2.05) is 0 Å². The van der Waals surface area contributed by atoms with Gasteiger partial charge >= 0.3 is 12.8 Å². The lowest BCUT2D eigenvalue weighted by Gasteiger charge is -2.45. The monoisotopic (exact) mass is 551 g/mol. The molecule has 2 amide bonds. The van der Waals surface area contributed by atoms with Crippen LogP contribution in [0.4, 0.5) is 22.0 Å². The van der Waals surface area contributed by atoms with Crippen molar-refractivity contribution >= 4 is 11.8 Å². The first-order valence-corrected chi connectivity index (χ1v) is 13.1. The number of piperidine rings is 3. The van der Waals surface area contributed by atoms with Crippen molar-refractivity contribution in [3.05, 3.63) is 65.2 Å².